The lowest BCUT2D eigenvalue weighted by molar-refractivity contribution is -0.125. The molecule has 20 heavy (non-hydrogen) atoms. The quantitative estimate of drug-likeness (QED) is 0.727. The molecule has 0 bridgehead atoms. The van der Waals surface area contributed by atoms with Gasteiger partial charge in [0, 0.05) is 16.8 Å². The molecule has 0 saturated heterocycles. The molecule has 4 heteroatoms. The third-order valence-corrected chi connectivity index (χ3v) is 4.51. The minimum absolute atomic E-state index is 0.0630. The fourth-order valence-corrected chi connectivity index (χ4v) is 3.07. The van der Waals surface area contributed by atoms with E-state index in [2.05, 4.69) is 23.7 Å². The van der Waals surface area contributed by atoms with Crippen LogP contribution in [-0.4, -0.2) is 11.9 Å². The van der Waals surface area contributed by atoms with Crippen LogP contribution in [0.4, 0.5) is 0 Å². The molecule has 1 rings (SSSR count). The van der Waals surface area contributed by atoms with Crippen molar-refractivity contribution in [1.82, 2.24) is 5.32 Å². The number of rotatable bonds is 9. The highest BCUT2D eigenvalue weighted by Crippen LogP contribution is 2.24. The predicted molar refractivity (Wildman–Crippen MR) is 86.8 cm³/mol. The summed E-state index contributed by atoms with van der Waals surface area (Å²) in [4.78, 5) is 13.5. The molecule has 0 spiro atoms. The molecule has 114 valence electrons. The first-order chi connectivity index (χ1) is 9.54. The fraction of sp³-hybridized carbons (Fsp3) is 0.688. The van der Waals surface area contributed by atoms with E-state index in [1.54, 1.807) is 11.3 Å². The Hall–Kier alpha value is -0.870. The van der Waals surface area contributed by atoms with E-state index in [1.165, 1.54) is 4.88 Å². The molecule has 3 nitrogen and oxygen atoms in total. The average molecular weight is 296 g/mol. The molecular weight excluding hydrogens is 268 g/mol. The number of hydrogen-bond donors (Lipinski definition) is 2. The van der Waals surface area contributed by atoms with Crippen molar-refractivity contribution in [2.45, 2.75) is 65.0 Å². The van der Waals surface area contributed by atoms with E-state index in [0.29, 0.717) is 0 Å². The number of carbonyl (C=O) groups is 1. The average Bonchev–Trinajstić information content (AvgIpc) is 2.91. The van der Waals surface area contributed by atoms with Gasteiger partial charge in [0.15, 0.2) is 0 Å². The Bertz CT molecular complexity index is 376. The molecule has 1 aromatic rings. The Morgan fingerprint density at radius 3 is 2.65 bits per heavy atom. The van der Waals surface area contributed by atoms with Crippen LogP contribution in [0.15, 0.2) is 17.5 Å². The van der Waals surface area contributed by atoms with E-state index < -0.39 is 0 Å². The van der Waals surface area contributed by atoms with Crippen LogP contribution in [-0.2, 0) is 4.79 Å². The third-order valence-electron chi connectivity index (χ3n) is 3.52. The molecule has 0 aliphatic heterocycles. The van der Waals surface area contributed by atoms with Crippen LogP contribution in [0.2, 0.25) is 0 Å². The first-order valence-electron chi connectivity index (χ1n) is 7.64. The Kier molecular flexibility index (Phi) is 7.85. The maximum absolute atomic E-state index is 12.3. The summed E-state index contributed by atoms with van der Waals surface area (Å²) < 4.78 is 0. The molecule has 3 N–H and O–H groups in total. The summed E-state index contributed by atoms with van der Waals surface area (Å²) in [6, 6.07) is 4.54. The van der Waals surface area contributed by atoms with Gasteiger partial charge in [-0.15, -0.1) is 11.3 Å². The van der Waals surface area contributed by atoms with Crippen LogP contribution in [0.25, 0.3) is 0 Å². The van der Waals surface area contributed by atoms with Gasteiger partial charge in [-0.2, -0.15) is 0 Å². The van der Waals surface area contributed by atoms with Crippen LogP contribution in [0.3, 0.4) is 0 Å². The van der Waals surface area contributed by atoms with Crippen LogP contribution >= 0.6 is 11.3 Å². The highest BCUT2D eigenvalue weighted by molar-refractivity contribution is 7.10. The van der Waals surface area contributed by atoms with Crippen molar-refractivity contribution in [3.05, 3.63) is 22.4 Å². The summed E-state index contributed by atoms with van der Waals surface area (Å²) in [7, 11) is 0. The van der Waals surface area contributed by atoms with Crippen LogP contribution in [0, 0.1) is 5.92 Å². The lowest BCUT2D eigenvalue weighted by atomic mass is 10.0. The minimum Gasteiger partial charge on any atom is -0.348 e. The third kappa shape index (κ3) is 6.06. The summed E-state index contributed by atoms with van der Waals surface area (Å²) in [5.74, 6) is 0.231. The summed E-state index contributed by atoms with van der Waals surface area (Å²) in [6.07, 6.45) is 4.99. The molecule has 3 unspecified atom stereocenters. The molecular formula is C16H28N2OS. The van der Waals surface area contributed by atoms with E-state index in [9.17, 15) is 4.79 Å². The summed E-state index contributed by atoms with van der Waals surface area (Å²) in [5.41, 5.74) is 5.74. The van der Waals surface area contributed by atoms with Gasteiger partial charge in [0.05, 0.1) is 6.04 Å². The molecule has 0 aromatic carbocycles. The molecule has 0 saturated carbocycles. The van der Waals surface area contributed by atoms with Crippen LogP contribution in [0.5, 0.6) is 0 Å². The second-order valence-electron chi connectivity index (χ2n) is 5.67. The normalized spacial score (nSPS) is 15.6. The first kappa shape index (κ1) is 17.2. The zero-order valence-electron chi connectivity index (χ0n) is 12.9. The number of nitrogens with one attached hydrogen (secondary N) is 1. The van der Waals surface area contributed by atoms with Gasteiger partial charge in [-0.05, 0) is 37.6 Å². The number of nitrogens with two attached hydrogens (primary N) is 1. The summed E-state index contributed by atoms with van der Waals surface area (Å²) in [6.45, 7) is 6.17. The number of hydrogen-bond acceptors (Lipinski definition) is 3. The second-order valence-corrected chi connectivity index (χ2v) is 6.65. The fourth-order valence-electron chi connectivity index (χ4n) is 2.25. The Balaban J connectivity index is 2.45. The van der Waals surface area contributed by atoms with Gasteiger partial charge < -0.3 is 11.1 Å². The van der Waals surface area contributed by atoms with Gasteiger partial charge >= 0.3 is 0 Å². The van der Waals surface area contributed by atoms with Gasteiger partial charge in [0.1, 0.15) is 0 Å². The smallest absolute Gasteiger partial charge is 0.223 e. The molecule has 1 amide bonds. The van der Waals surface area contributed by atoms with E-state index in [-0.39, 0.29) is 23.9 Å². The molecule has 1 heterocycles. The topological polar surface area (TPSA) is 55.1 Å². The molecule has 0 fully saturated rings. The number of thiophene rings is 1. The lowest BCUT2D eigenvalue weighted by Gasteiger charge is -2.20. The van der Waals surface area contributed by atoms with Crippen LogP contribution in [0.1, 0.15) is 63.8 Å². The highest BCUT2D eigenvalue weighted by Gasteiger charge is 2.19. The molecule has 0 aliphatic rings. The second kappa shape index (κ2) is 9.14. The van der Waals surface area contributed by atoms with E-state index in [0.717, 1.165) is 32.1 Å². The van der Waals surface area contributed by atoms with Gasteiger partial charge in [0.25, 0.3) is 0 Å². The van der Waals surface area contributed by atoms with Gasteiger partial charge in [-0.3, -0.25) is 4.79 Å². The van der Waals surface area contributed by atoms with E-state index >= 15 is 0 Å². The van der Waals surface area contributed by atoms with Crippen molar-refractivity contribution in [2.24, 2.45) is 11.7 Å². The van der Waals surface area contributed by atoms with Crippen LogP contribution < -0.4 is 11.1 Å². The van der Waals surface area contributed by atoms with Crippen molar-refractivity contribution in [2.75, 3.05) is 0 Å². The van der Waals surface area contributed by atoms with Crippen molar-refractivity contribution in [3.8, 4) is 0 Å². The SMILES string of the molecule is CCCC(NC(=O)C(C)CCCC(C)N)c1cccs1. The first-order valence-corrected chi connectivity index (χ1v) is 8.51. The summed E-state index contributed by atoms with van der Waals surface area (Å²) in [5, 5.41) is 5.26. The zero-order valence-corrected chi connectivity index (χ0v) is 13.7. The maximum atomic E-state index is 12.3. The number of carbonyl (C=O) groups excluding carboxylic acids is 1. The Morgan fingerprint density at radius 2 is 2.10 bits per heavy atom. The number of amides is 1. The monoisotopic (exact) mass is 296 g/mol. The summed E-state index contributed by atoms with van der Waals surface area (Å²) >= 11 is 1.72. The van der Waals surface area contributed by atoms with Gasteiger partial charge in [-0.25, -0.2) is 0 Å². The Morgan fingerprint density at radius 1 is 1.35 bits per heavy atom. The molecule has 3 atom stereocenters. The van der Waals surface area contributed by atoms with Crippen molar-refractivity contribution < 1.29 is 4.79 Å². The standard InChI is InChI=1S/C16H28N2OS/c1-4-7-14(15-10-6-11-20-15)18-16(19)12(2)8-5-9-13(3)17/h6,10-14H,4-5,7-9,17H2,1-3H3,(H,18,19). The predicted octanol–water partition coefficient (Wildman–Crippen LogP) is 3.86. The molecule has 0 aliphatic carbocycles. The van der Waals surface area contributed by atoms with E-state index in [4.69, 9.17) is 5.73 Å². The van der Waals surface area contributed by atoms with Crippen molar-refractivity contribution >= 4 is 17.2 Å². The van der Waals surface area contributed by atoms with Gasteiger partial charge in [-0.1, -0.05) is 32.8 Å². The molecule has 0 radical (unpaired) electrons. The zero-order chi connectivity index (χ0) is 15.0. The van der Waals surface area contributed by atoms with Crippen molar-refractivity contribution in [3.63, 3.8) is 0 Å². The van der Waals surface area contributed by atoms with E-state index in [1.807, 2.05) is 19.9 Å². The Labute approximate surface area is 127 Å². The van der Waals surface area contributed by atoms with Crippen molar-refractivity contribution in [1.29, 1.82) is 0 Å². The molecule has 1 aromatic heterocycles. The largest absolute Gasteiger partial charge is 0.348 e. The maximum Gasteiger partial charge on any atom is 0.223 e. The highest BCUT2D eigenvalue weighted by atomic mass is 32.1. The minimum atomic E-state index is 0.0630. The van der Waals surface area contributed by atoms with Gasteiger partial charge in [0.2, 0.25) is 5.91 Å². The lowest BCUT2D eigenvalue weighted by Crippen LogP contribution is -2.32.